The minimum atomic E-state index is 0.516. The largest absolute Gasteiger partial charge is 0.449 e. The van der Waals surface area contributed by atoms with Gasteiger partial charge in [-0.3, -0.25) is 5.32 Å². The second-order valence-corrected chi connectivity index (χ2v) is 4.63. The van der Waals surface area contributed by atoms with Crippen LogP contribution in [0.3, 0.4) is 0 Å². The summed E-state index contributed by atoms with van der Waals surface area (Å²) < 4.78 is 6.88. The number of nitrogens with one attached hydrogen (secondary N) is 1. The van der Waals surface area contributed by atoms with Crippen LogP contribution in [-0.2, 0) is 0 Å². The number of hydrogen-bond donors (Lipinski definition) is 1. The first-order chi connectivity index (χ1) is 9.81. The van der Waals surface area contributed by atoms with Crippen LogP contribution in [0, 0.1) is 0 Å². The van der Waals surface area contributed by atoms with Crippen LogP contribution in [0.4, 0.5) is 11.8 Å². The molecule has 7 heteroatoms. The Morgan fingerprint density at radius 3 is 3.05 bits per heavy atom. The fraction of sp³-hybridized carbons (Fsp3) is 0. The summed E-state index contributed by atoms with van der Waals surface area (Å²) in [7, 11) is 0. The second-order valence-electron chi connectivity index (χ2n) is 4.19. The minimum absolute atomic E-state index is 0.516. The van der Waals surface area contributed by atoms with Gasteiger partial charge >= 0.3 is 0 Å². The van der Waals surface area contributed by atoms with Crippen LogP contribution in [0.25, 0.3) is 16.6 Å². The number of aromatic nitrogens is 4. The van der Waals surface area contributed by atoms with E-state index in [-0.39, 0.29) is 0 Å². The molecule has 3 aromatic heterocycles. The molecular formula is C13H8ClN5O. The molecule has 0 aliphatic carbocycles. The third-order valence-corrected chi connectivity index (χ3v) is 3.17. The zero-order valence-electron chi connectivity index (χ0n) is 10.1. The van der Waals surface area contributed by atoms with E-state index in [4.69, 9.17) is 16.0 Å². The van der Waals surface area contributed by atoms with Crippen molar-refractivity contribution in [1.29, 1.82) is 0 Å². The second kappa shape index (κ2) is 4.21. The molecule has 1 aromatic carbocycles. The molecular weight excluding hydrogens is 278 g/mol. The number of rotatable bonds is 2. The smallest absolute Gasteiger partial charge is 0.233 e. The Balaban J connectivity index is 2.00. The Hall–Kier alpha value is -2.60. The molecule has 0 saturated heterocycles. The standard InChI is InChI=1S/C13H8ClN5O/c14-8-3-4-9-10(6-8)17-13(18-11-2-1-5-20-11)19-12(9)15-7-16-19/h1-7H,(H,17,18). The Kier molecular flexibility index (Phi) is 2.37. The van der Waals surface area contributed by atoms with E-state index in [2.05, 4.69) is 20.4 Å². The van der Waals surface area contributed by atoms with Gasteiger partial charge in [0.15, 0.2) is 11.5 Å². The molecule has 0 radical (unpaired) electrons. The predicted octanol–water partition coefficient (Wildman–Crippen LogP) is 3.27. The lowest BCUT2D eigenvalue weighted by molar-refractivity contribution is 0.584. The Morgan fingerprint density at radius 1 is 1.25 bits per heavy atom. The van der Waals surface area contributed by atoms with Crippen molar-refractivity contribution in [2.24, 2.45) is 0 Å². The quantitative estimate of drug-likeness (QED) is 0.612. The number of hydrogen-bond acceptors (Lipinski definition) is 5. The molecule has 0 spiro atoms. The Bertz CT molecular complexity index is 900. The van der Waals surface area contributed by atoms with E-state index < -0.39 is 0 Å². The van der Waals surface area contributed by atoms with Crippen LogP contribution in [0.1, 0.15) is 0 Å². The molecule has 0 fully saturated rings. The lowest BCUT2D eigenvalue weighted by Crippen LogP contribution is -2.03. The van der Waals surface area contributed by atoms with Gasteiger partial charge in [-0.15, -0.1) is 0 Å². The molecule has 6 nitrogen and oxygen atoms in total. The maximum atomic E-state index is 6.02. The van der Waals surface area contributed by atoms with Gasteiger partial charge in [-0.05, 0) is 24.3 Å². The molecule has 0 amide bonds. The summed E-state index contributed by atoms with van der Waals surface area (Å²) in [5.74, 6) is 1.10. The van der Waals surface area contributed by atoms with Crippen molar-refractivity contribution < 1.29 is 4.42 Å². The van der Waals surface area contributed by atoms with Gasteiger partial charge in [0, 0.05) is 16.5 Å². The highest BCUT2D eigenvalue weighted by Crippen LogP contribution is 2.24. The van der Waals surface area contributed by atoms with Crippen molar-refractivity contribution in [3.05, 3.63) is 47.9 Å². The van der Waals surface area contributed by atoms with Crippen LogP contribution in [-0.4, -0.2) is 19.6 Å². The summed E-state index contributed by atoms with van der Waals surface area (Å²) in [5, 5.41) is 8.75. The number of furan rings is 1. The molecule has 1 N–H and O–H groups in total. The summed E-state index contributed by atoms with van der Waals surface area (Å²) in [6.07, 6.45) is 3.07. The van der Waals surface area contributed by atoms with Gasteiger partial charge in [-0.2, -0.15) is 9.61 Å². The summed E-state index contributed by atoms with van der Waals surface area (Å²) >= 11 is 6.02. The average molecular weight is 286 g/mol. The summed E-state index contributed by atoms with van der Waals surface area (Å²) in [5.41, 5.74) is 1.45. The average Bonchev–Trinajstić information content (AvgIpc) is 3.08. The van der Waals surface area contributed by atoms with E-state index in [0.717, 1.165) is 10.9 Å². The van der Waals surface area contributed by atoms with Crippen LogP contribution in [0.15, 0.2) is 47.3 Å². The lowest BCUT2D eigenvalue weighted by atomic mass is 10.2. The van der Waals surface area contributed by atoms with E-state index in [1.807, 2.05) is 6.07 Å². The molecule has 4 rings (SSSR count). The molecule has 4 aromatic rings. The van der Waals surface area contributed by atoms with E-state index >= 15 is 0 Å². The fourth-order valence-electron chi connectivity index (χ4n) is 2.07. The Morgan fingerprint density at radius 2 is 2.20 bits per heavy atom. The highest BCUT2D eigenvalue weighted by atomic mass is 35.5. The molecule has 0 aliphatic rings. The van der Waals surface area contributed by atoms with Crippen LogP contribution in [0.2, 0.25) is 5.02 Å². The van der Waals surface area contributed by atoms with Gasteiger partial charge in [-0.1, -0.05) is 11.6 Å². The van der Waals surface area contributed by atoms with Gasteiger partial charge in [0.2, 0.25) is 5.95 Å². The zero-order valence-corrected chi connectivity index (χ0v) is 10.9. The number of halogens is 1. The first kappa shape index (κ1) is 11.2. The van der Waals surface area contributed by atoms with Gasteiger partial charge in [0.1, 0.15) is 6.33 Å². The van der Waals surface area contributed by atoms with Crippen LogP contribution >= 0.6 is 11.6 Å². The fourth-order valence-corrected chi connectivity index (χ4v) is 2.24. The summed E-state index contributed by atoms with van der Waals surface area (Å²) in [6.45, 7) is 0. The Labute approximate surface area is 118 Å². The highest BCUT2D eigenvalue weighted by Gasteiger charge is 2.11. The van der Waals surface area contributed by atoms with Crippen molar-refractivity contribution in [3.63, 3.8) is 0 Å². The molecule has 3 heterocycles. The van der Waals surface area contributed by atoms with E-state index in [0.29, 0.717) is 22.5 Å². The van der Waals surface area contributed by atoms with E-state index in [1.165, 1.54) is 6.33 Å². The molecule has 20 heavy (non-hydrogen) atoms. The molecule has 0 saturated carbocycles. The first-order valence-electron chi connectivity index (χ1n) is 5.91. The van der Waals surface area contributed by atoms with Gasteiger partial charge in [-0.25, -0.2) is 9.97 Å². The maximum Gasteiger partial charge on any atom is 0.233 e. The SMILES string of the molecule is Clc1ccc2c(c1)nc(Nc1ccco1)n1ncnc21. The number of benzene rings is 1. The number of nitrogens with zero attached hydrogens (tertiary/aromatic N) is 4. The van der Waals surface area contributed by atoms with Crippen LogP contribution in [0.5, 0.6) is 0 Å². The zero-order chi connectivity index (χ0) is 13.5. The molecule has 0 atom stereocenters. The minimum Gasteiger partial charge on any atom is -0.449 e. The molecule has 0 aliphatic heterocycles. The molecule has 98 valence electrons. The summed E-state index contributed by atoms with van der Waals surface area (Å²) in [4.78, 5) is 8.78. The molecule has 0 unspecified atom stereocenters. The highest BCUT2D eigenvalue weighted by molar-refractivity contribution is 6.31. The van der Waals surface area contributed by atoms with Crippen molar-refractivity contribution in [1.82, 2.24) is 19.6 Å². The van der Waals surface area contributed by atoms with Crippen molar-refractivity contribution in [3.8, 4) is 0 Å². The normalized spacial score (nSPS) is 11.2. The van der Waals surface area contributed by atoms with Crippen molar-refractivity contribution >= 4 is 40.0 Å². The number of fused-ring (bicyclic) bond motifs is 3. The van der Waals surface area contributed by atoms with Gasteiger partial charge in [0.25, 0.3) is 0 Å². The monoisotopic (exact) mass is 285 g/mol. The summed E-state index contributed by atoms with van der Waals surface area (Å²) in [6, 6.07) is 9.06. The lowest BCUT2D eigenvalue weighted by Gasteiger charge is -2.07. The van der Waals surface area contributed by atoms with Gasteiger partial charge < -0.3 is 4.42 Å². The first-order valence-corrected chi connectivity index (χ1v) is 6.28. The van der Waals surface area contributed by atoms with Crippen molar-refractivity contribution in [2.45, 2.75) is 0 Å². The van der Waals surface area contributed by atoms with Crippen molar-refractivity contribution in [2.75, 3.05) is 5.32 Å². The maximum absolute atomic E-state index is 6.02. The van der Waals surface area contributed by atoms with Crippen LogP contribution < -0.4 is 5.32 Å². The predicted molar refractivity (Wildman–Crippen MR) is 75.3 cm³/mol. The molecule has 0 bridgehead atoms. The van der Waals surface area contributed by atoms with E-state index in [1.54, 1.807) is 35.0 Å². The third kappa shape index (κ3) is 1.70. The number of anilines is 2. The van der Waals surface area contributed by atoms with E-state index in [9.17, 15) is 0 Å². The van der Waals surface area contributed by atoms with Gasteiger partial charge in [0.05, 0.1) is 11.8 Å². The topological polar surface area (TPSA) is 68.2 Å². The third-order valence-electron chi connectivity index (χ3n) is 2.93.